The molecule has 1 heterocycles. The van der Waals surface area contributed by atoms with E-state index >= 15 is 0 Å². The van der Waals surface area contributed by atoms with Crippen LogP contribution in [0.1, 0.15) is 70.6 Å². The Labute approximate surface area is 147 Å². The van der Waals surface area contributed by atoms with Gasteiger partial charge in [0.2, 0.25) is 0 Å². The van der Waals surface area contributed by atoms with Crippen molar-refractivity contribution in [3.63, 3.8) is 0 Å². The van der Waals surface area contributed by atoms with Crippen LogP contribution in [0.15, 0.2) is 23.2 Å². The summed E-state index contributed by atoms with van der Waals surface area (Å²) in [4.78, 5) is 2.46. The average molecular weight is 536 g/mol. The zero-order valence-electron chi connectivity index (χ0n) is 12.4. The van der Waals surface area contributed by atoms with Gasteiger partial charge in [0.05, 0.1) is 0 Å². The molecule has 0 radical (unpaired) electrons. The van der Waals surface area contributed by atoms with Crippen LogP contribution < -0.4 is 0 Å². The molecule has 0 aliphatic carbocycles. The molecule has 0 aromatic heterocycles. The van der Waals surface area contributed by atoms with Crippen molar-refractivity contribution in [1.29, 1.82) is 0 Å². The second-order valence-electron chi connectivity index (χ2n) is 5.14. The minimum atomic E-state index is 0.847. The van der Waals surface area contributed by atoms with E-state index in [9.17, 15) is 0 Å². The summed E-state index contributed by atoms with van der Waals surface area (Å²) in [6.07, 6.45) is 23.0. The molecule has 1 aliphatic rings. The topological polar surface area (TPSA) is 0 Å². The van der Waals surface area contributed by atoms with E-state index in [0.717, 1.165) is 48.9 Å². The van der Waals surface area contributed by atoms with E-state index in [2.05, 4.69) is 23.2 Å². The Balaban J connectivity index is 2.12. The Kier molecular flexibility index (Phi) is 16.6. The molecule has 0 saturated carbocycles. The van der Waals surface area contributed by atoms with Crippen LogP contribution in [0.25, 0.3) is 0 Å². The SMILES string of the molecule is C1=C\[Se][Se][Se][Se]CCCCCCCCCCCC/C=C/1. The first kappa shape index (κ1) is 19.6. The first-order valence-corrected chi connectivity index (χ1v) is 23.1. The van der Waals surface area contributed by atoms with Gasteiger partial charge in [-0.1, -0.05) is 0 Å². The molecule has 116 valence electrons. The normalized spacial score (nSPS) is 25.6. The first-order valence-electron chi connectivity index (χ1n) is 7.93. The van der Waals surface area contributed by atoms with Gasteiger partial charge in [-0.25, -0.2) is 0 Å². The summed E-state index contributed by atoms with van der Waals surface area (Å²) in [5, 5.41) is 1.58. The quantitative estimate of drug-likeness (QED) is 0.405. The summed E-state index contributed by atoms with van der Waals surface area (Å²) in [6.45, 7) is 0. The fourth-order valence-corrected chi connectivity index (χ4v) is 39.0. The predicted molar refractivity (Wildman–Crippen MR) is 96.9 cm³/mol. The molecule has 0 aromatic carbocycles. The van der Waals surface area contributed by atoms with Crippen molar-refractivity contribution < 1.29 is 0 Å². The van der Waals surface area contributed by atoms with Gasteiger partial charge >= 0.3 is 148 Å². The van der Waals surface area contributed by atoms with Crippen LogP contribution in [-0.4, -0.2) is 48.9 Å². The average Bonchev–Trinajstić information content (AvgIpc) is 2.46. The third-order valence-corrected chi connectivity index (χ3v) is 40.3. The number of rotatable bonds is 0. The van der Waals surface area contributed by atoms with Crippen LogP contribution in [0.3, 0.4) is 0 Å². The van der Waals surface area contributed by atoms with Gasteiger partial charge in [0.1, 0.15) is 0 Å². The molecule has 0 N–H and O–H groups in total. The second kappa shape index (κ2) is 16.9. The molecular formula is C16H28Se4. The molecule has 4 heteroatoms. The Bertz CT molecular complexity index is 225. The van der Waals surface area contributed by atoms with Crippen LogP contribution in [0.4, 0.5) is 0 Å². The summed E-state index contributed by atoms with van der Waals surface area (Å²) in [6, 6.07) is 0. The zero-order chi connectivity index (χ0) is 14.1. The van der Waals surface area contributed by atoms with E-state index < -0.39 is 0 Å². The minimum absolute atomic E-state index is 0.847. The van der Waals surface area contributed by atoms with Crippen molar-refractivity contribution in [2.45, 2.75) is 75.9 Å². The maximum absolute atomic E-state index is 2.46. The van der Waals surface area contributed by atoms with E-state index in [1.54, 1.807) is 5.32 Å². The van der Waals surface area contributed by atoms with Crippen LogP contribution in [0.5, 0.6) is 0 Å². The Morgan fingerprint density at radius 1 is 0.600 bits per heavy atom. The monoisotopic (exact) mass is 540 g/mol. The van der Waals surface area contributed by atoms with Crippen molar-refractivity contribution in [2.75, 3.05) is 0 Å². The van der Waals surface area contributed by atoms with E-state index in [1.807, 2.05) is 0 Å². The molecule has 0 atom stereocenters. The van der Waals surface area contributed by atoms with Gasteiger partial charge in [0, 0.05) is 0 Å². The van der Waals surface area contributed by atoms with Gasteiger partial charge in [-0.05, 0) is 0 Å². The van der Waals surface area contributed by atoms with Crippen LogP contribution in [-0.2, 0) is 0 Å². The first-order chi connectivity index (χ1) is 10.0. The molecule has 0 aromatic rings. The van der Waals surface area contributed by atoms with Crippen LogP contribution in [0, 0.1) is 0 Å². The fourth-order valence-electron chi connectivity index (χ4n) is 2.18. The maximum atomic E-state index is 2.46. The third kappa shape index (κ3) is 14.5. The molecule has 20 heavy (non-hydrogen) atoms. The summed E-state index contributed by atoms with van der Waals surface area (Å²) in [5.74, 6) is 0. The number of allylic oxidation sites excluding steroid dienone is 3. The van der Waals surface area contributed by atoms with E-state index in [0.29, 0.717) is 0 Å². The standard InChI is InChI=1S/C16H28Se4/c1-2-4-6-8-10-12-14-16-18-20-19-17-15-13-11-9-7-5-3-1/h9,11,13,15H,1-8,10,12,14,16H2/b11-9+,15-13-. The van der Waals surface area contributed by atoms with Crippen LogP contribution in [0.2, 0.25) is 5.32 Å². The zero-order valence-corrected chi connectivity index (χ0v) is 19.3. The van der Waals surface area contributed by atoms with Crippen molar-refractivity contribution in [1.82, 2.24) is 0 Å². The number of hydrogen-bond acceptors (Lipinski definition) is 0. The molecule has 0 unspecified atom stereocenters. The summed E-state index contributed by atoms with van der Waals surface area (Å²) < 4.78 is 0. The Morgan fingerprint density at radius 2 is 1.25 bits per heavy atom. The van der Waals surface area contributed by atoms with Gasteiger partial charge in [-0.15, -0.1) is 0 Å². The molecular weight excluding hydrogens is 508 g/mol. The molecule has 0 bridgehead atoms. The van der Waals surface area contributed by atoms with Crippen molar-refractivity contribution in [3.8, 4) is 0 Å². The van der Waals surface area contributed by atoms with Gasteiger partial charge in [0.25, 0.3) is 0 Å². The van der Waals surface area contributed by atoms with E-state index in [4.69, 9.17) is 0 Å². The molecule has 0 amide bonds. The Morgan fingerprint density at radius 3 is 2.00 bits per heavy atom. The van der Waals surface area contributed by atoms with Crippen molar-refractivity contribution in [2.24, 2.45) is 0 Å². The van der Waals surface area contributed by atoms with Crippen molar-refractivity contribution >= 4 is 48.9 Å². The molecule has 1 rings (SSSR count). The van der Waals surface area contributed by atoms with E-state index in [1.165, 1.54) is 70.6 Å². The molecule has 1 aliphatic heterocycles. The van der Waals surface area contributed by atoms with Gasteiger partial charge < -0.3 is 0 Å². The van der Waals surface area contributed by atoms with Gasteiger partial charge in [-0.3, -0.25) is 0 Å². The molecule has 0 nitrogen and oxygen atoms in total. The van der Waals surface area contributed by atoms with Gasteiger partial charge in [-0.2, -0.15) is 0 Å². The van der Waals surface area contributed by atoms with Gasteiger partial charge in [0.15, 0.2) is 0 Å². The summed E-state index contributed by atoms with van der Waals surface area (Å²) >= 11 is 3.93. The van der Waals surface area contributed by atoms with E-state index in [-0.39, 0.29) is 0 Å². The molecule has 0 spiro atoms. The second-order valence-corrected chi connectivity index (χ2v) is 31.1. The third-order valence-electron chi connectivity index (χ3n) is 3.34. The molecule has 0 saturated heterocycles. The summed E-state index contributed by atoms with van der Waals surface area (Å²) in [7, 11) is 0. The summed E-state index contributed by atoms with van der Waals surface area (Å²) in [5.41, 5.74) is 0. The predicted octanol–water partition coefficient (Wildman–Crippen LogP) is 4.34. The molecule has 0 fully saturated rings. The fraction of sp³-hybridized carbons (Fsp3) is 0.750. The van der Waals surface area contributed by atoms with Crippen LogP contribution >= 0.6 is 0 Å². The van der Waals surface area contributed by atoms with Crippen molar-refractivity contribution in [3.05, 3.63) is 23.2 Å². The Hall–Kier alpha value is 1.56. The number of hydrogen-bond donors (Lipinski definition) is 0.